The number of likely N-dealkylation sites (tertiary alicyclic amines) is 1. The topological polar surface area (TPSA) is 77.4 Å². The molecule has 182 valence electrons. The Balaban J connectivity index is 1.28. The van der Waals surface area contributed by atoms with Crippen LogP contribution in [0, 0.1) is 11.6 Å². The zero-order chi connectivity index (χ0) is 24.1. The van der Waals surface area contributed by atoms with Crippen molar-refractivity contribution in [3.8, 4) is 0 Å². The number of aromatic nitrogens is 1. The van der Waals surface area contributed by atoms with Gasteiger partial charge in [-0.15, -0.1) is 0 Å². The van der Waals surface area contributed by atoms with Crippen LogP contribution in [0.5, 0.6) is 0 Å². The highest BCUT2D eigenvalue weighted by Crippen LogP contribution is 2.31. The molecule has 3 atom stereocenters. The summed E-state index contributed by atoms with van der Waals surface area (Å²) in [5.74, 6) is -0.235. The summed E-state index contributed by atoms with van der Waals surface area (Å²) in [4.78, 5) is 17.4. The molecule has 0 aliphatic carbocycles. The van der Waals surface area contributed by atoms with Crippen molar-refractivity contribution < 1.29 is 13.5 Å². The highest BCUT2D eigenvalue weighted by atomic mass is 19.1. The maximum Gasteiger partial charge on any atom is 0.291 e. The number of aliphatic imine (C=N–C) groups is 2. The lowest BCUT2D eigenvalue weighted by molar-refractivity contribution is 0.217. The third-order valence-corrected chi connectivity index (χ3v) is 7.14. The lowest BCUT2D eigenvalue weighted by Crippen LogP contribution is -2.50. The maximum atomic E-state index is 15.4. The van der Waals surface area contributed by atoms with Gasteiger partial charge in [-0.3, -0.25) is 9.88 Å². The summed E-state index contributed by atoms with van der Waals surface area (Å²) in [6, 6.07) is 8.28. The zero-order valence-electron chi connectivity index (χ0n) is 19.6. The first-order valence-corrected chi connectivity index (χ1v) is 11.8. The number of hydrogen-bond donors (Lipinski definition) is 2. The number of nitrogens with one attached hydrogen (secondary N) is 2. The third kappa shape index (κ3) is 4.06. The largest absolute Gasteiger partial charge is 0.468 e. The van der Waals surface area contributed by atoms with Crippen LogP contribution in [-0.4, -0.2) is 65.1 Å². The average Bonchev–Trinajstić information content (AvgIpc) is 3.56. The van der Waals surface area contributed by atoms with E-state index in [9.17, 15) is 4.39 Å². The number of benzene rings is 1. The summed E-state index contributed by atoms with van der Waals surface area (Å²) >= 11 is 0. The second-order valence-corrected chi connectivity index (χ2v) is 9.44. The second kappa shape index (κ2) is 8.69. The van der Waals surface area contributed by atoms with Gasteiger partial charge in [-0.2, -0.15) is 0 Å². The number of nitrogens with zero attached hydrogens (tertiary/aromatic N) is 5. The quantitative estimate of drug-likeness (QED) is 0.686. The Labute approximate surface area is 202 Å². The number of fused-ring (bicyclic) bond motifs is 3. The van der Waals surface area contributed by atoms with E-state index in [0.29, 0.717) is 46.5 Å². The van der Waals surface area contributed by atoms with Gasteiger partial charge in [0.15, 0.2) is 0 Å². The fourth-order valence-electron chi connectivity index (χ4n) is 5.40. The molecule has 0 amide bonds. The van der Waals surface area contributed by atoms with E-state index in [1.807, 2.05) is 24.0 Å². The maximum absolute atomic E-state index is 15.4. The Morgan fingerprint density at radius 3 is 2.74 bits per heavy atom. The monoisotopic (exact) mass is 479 g/mol. The van der Waals surface area contributed by atoms with Crippen LogP contribution in [0.4, 0.5) is 8.78 Å². The molecule has 6 rings (SSSR count). The highest BCUT2D eigenvalue weighted by molar-refractivity contribution is 6.01. The highest BCUT2D eigenvalue weighted by Gasteiger charge is 2.39. The molecule has 1 aromatic heterocycles. The van der Waals surface area contributed by atoms with Crippen molar-refractivity contribution in [1.29, 1.82) is 0 Å². The number of pyridine rings is 1. The van der Waals surface area contributed by atoms with Crippen molar-refractivity contribution in [3.05, 3.63) is 76.4 Å². The Morgan fingerprint density at radius 2 is 2.03 bits per heavy atom. The van der Waals surface area contributed by atoms with Crippen LogP contribution in [-0.2, 0) is 17.8 Å². The standard InChI is InChI=1S/C25H27F2N7O/c1-14-22-24(32-25(30-14)35-2)34(23(31-22)17-6-18(26)9-28-8-17)12-16-4-3-15(5-21(16)27)11-33-13-19-7-20(33)10-29-19/h3-6,8-9,19-20,24,29H,7,10-13H2,1-2H3,(H,30,32)/t19-,20-,24?/m0/s1. The molecule has 2 N–H and O–H groups in total. The number of rotatable bonds is 5. The van der Waals surface area contributed by atoms with E-state index in [2.05, 4.69) is 25.5 Å². The van der Waals surface area contributed by atoms with Gasteiger partial charge in [0, 0.05) is 55.6 Å². The summed E-state index contributed by atoms with van der Waals surface area (Å²) < 4.78 is 34.7. The number of hydrogen-bond acceptors (Lipinski definition) is 8. The van der Waals surface area contributed by atoms with E-state index in [0.717, 1.165) is 31.4 Å². The van der Waals surface area contributed by atoms with Gasteiger partial charge >= 0.3 is 0 Å². The molecule has 2 saturated heterocycles. The Bertz CT molecular complexity index is 1260. The van der Waals surface area contributed by atoms with Crippen LogP contribution < -0.4 is 10.6 Å². The van der Waals surface area contributed by atoms with Crippen LogP contribution in [0.2, 0.25) is 0 Å². The molecule has 4 aliphatic rings. The van der Waals surface area contributed by atoms with Crippen LogP contribution >= 0.6 is 0 Å². The van der Waals surface area contributed by atoms with Crippen molar-refractivity contribution >= 4 is 11.9 Å². The molecule has 2 fully saturated rings. The number of piperazine rings is 1. The van der Waals surface area contributed by atoms with Crippen molar-refractivity contribution in [2.24, 2.45) is 9.98 Å². The molecule has 5 heterocycles. The first-order valence-electron chi connectivity index (χ1n) is 11.8. The number of ether oxygens (including phenoxy) is 1. The average molecular weight is 480 g/mol. The predicted octanol–water partition coefficient (Wildman–Crippen LogP) is 2.33. The van der Waals surface area contributed by atoms with Gasteiger partial charge in [0.2, 0.25) is 0 Å². The minimum atomic E-state index is -0.464. The SMILES string of the molecule is COC1=NC(C)=C2N=C(c3cncc(F)c3)N(Cc3ccc(CN4C[C@@H]5C[C@H]4CN5)cc3F)C2N1. The minimum Gasteiger partial charge on any atom is -0.468 e. The first kappa shape index (κ1) is 22.1. The third-order valence-electron chi connectivity index (χ3n) is 7.14. The fraction of sp³-hybridized carbons (Fsp3) is 0.400. The Hall–Kier alpha value is -3.37. The van der Waals surface area contributed by atoms with Crippen LogP contribution in [0.1, 0.15) is 30.0 Å². The van der Waals surface area contributed by atoms with E-state index in [1.165, 1.54) is 19.6 Å². The van der Waals surface area contributed by atoms with Crippen molar-refractivity contribution in [1.82, 2.24) is 25.4 Å². The Morgan fingerprint density at radius 1 is 1.14 bits per heavy atom. The molecule has 1 unspecified atom stereocenters. The molecule has 2 aromatic rings. The summed E-state index contributed by atoms with van der Waals surface area (Å²) in [6.07, 6.45) is 3.44. The van der Waals surface area contributed by atoms with Crippen LogP contribution in [0.15, 0.2) is 58.0 Å². The van der Waals surface area contributed by atoms with Gasteiger partial charge in [-0.1, -0.05) is 12.1 Å². The molecule has 0 radical (unpaired) electrons. The molecule has 2 bridgehead atoms. The molecule has 4 aliphatic heterocycles. The van der Waals surface area contributed by atoms with Gasteiger partial charge in [0.25, 0.3) is 6.02 Å². The van der Waals surface area contributed by atoms with E-state index < -0.39 is 12.0 Å². The van der Waals surface area contributed by atoms with E-state index in [-0.39, 0.29) is 12.4 Å². The van der Waals surface area contributed by atoms with Crippen LogP contribution in [0.3, 0.4) is 0 Å². The molecule has 0 saturated carbocycles. The number of methoxy groups -OCH3 is 1. The van der Waals surface area contributed by atoms with E-state index >= 15 is 4.39 Å². The lowest BCUT2D eigenvalue weighted by atomic mass is 10.1. The second-order valence-electron chi connectivity index (χ2n) is 9.44. The molecule has 10 heteroatoms. The van der Waals surface area contributed by atoms with Gasteiger partial charge in [-0.05, 0) is 31.0 Å². The summed E-state index contributed by atoms with van der Waals surface area (Å²) in [5, 5.41) is 6.71. The molecular weight excluding hydrogens is 452 g/mol. The van der Waals surface area contributed by atoms with Gasteiger partial charge in [-0.25, -0.2) is 18.8 Å². The Kier molecular flexibility index (Phi) is 5.49. The summed E-state index contributed by atoms with van der Waals surface area (Å²) in [5.41, 5.74) is 3.36. The number of halogens is 2. The normalized spacial score (nSPS) is 25.5. The van der Waals surface area contributed by atoms with Gasteiger partial charge in [0.1, 0.15) is 29.3 Å². The van der Waals surface area contributed by atoms with E-state index in [1.54, 1.807) is 12.3 Å². The molecule has 0 spiro atoms. The van der Waals surface area contributed by atoms with Crippen molar-refractivity contribution in [3.63, 3.8) is 0 Å². The summed E-state index contributed by atoms with van der Waals surface area (Å²) in [6.45, 7) is 4.83. The molecule has 8 nitrogen and oxygen atoms in total. The minimum absolute atomic E-state index is 0.227. The smallest absolute Gasteiger partial charge is 0.291 e. The van der Waals surface area contributed by atoms with Crippen molar-refractivity contribution in [2.75, 3.05) is 20.2 Å². The van der Waals surface area contributed by atoms with Gasteiger partial charge in [0.05, 0.1) is 19.0 Å². The molecular formula is C25H27F2N7O. The summed E-state index contributed by atoms with van der Waals surface area (Å²) in [7, 11) is 1.53. The zero-order valence-corrected chi connectivity index (χ0v) is 19.6. The first-order chi connectivity index (χ1) is 17.0. The number of allylic oxidation sites excluding steroid dienone is 1. The molecule has 1 aromatic carbocycles. The molecule has 35 heavy (non-hydrogen) atoms. The van der Waals surface area contributed by atoms with Gasteiger partial charge < -0.3 is 20.3 Å². The van der Waals surface area contributed by atoms with E-state index in [4.69, 9.17) is 9.73 Å². The van der Waals surface area contributed by atoms with Crippen molar-refractivity contribution in [2.45, 2.75) is 44.7 Å². The predicted molar refractivity (Wildman–Crippen MR) is 127 cm³/mol. The fourth-order valence-corrected chi connectivity index (χ4v) is 5.40. The van der Waals surface area contributed by atoms with Crippen LogP contribution in [0.25, 0.3) is 0 Å². The number of amidine groups is 2. The lowest BCUT2D eigenvalue weighted by Gasteiger charge is -2.31.